The van der Waals surface area contributed by atoms with E-state index in [4.69, 9.17) is 10.5 Å². The Labute approximate surface area is 92.4 Å². The Morgan fingerprint density at radius 3 is 3.19 bits per heavy atom. The topological polar surface area (TPSA) is 78.3 Å². The van der Waals surface area contributed by atoms with Gasteiger partial charge in [0.25, 0.3) is 0 Å². The highest BCUT2D eigenvalue weighted by atomic mass is 16.5. The largest absolute Gasteiger partial charge is 0.366 e. The van der Waals surface area contributed by atoms with E-state index in [0.29, 0.717) is 6.54 Å². The van der Waals surface area contributed by atoms with E-state index >= 15 is 0 Å². The molecule has 1 aliphatic rings. The summed E-state index contributed by atoms with van der Waals surface area (Å²) < 4.78 is 7.65. The van der Waals surface area contributed by atoms with Gasteiger partial charge in [0.1, 0.15) is 12.4 Å². The first-order chi connectivity index (χ1) is 7.88. The zero-order valence-corrected chi connectivity index (χ0v) is 8.78. The van der Waals surface area contributed by atoms with Crippen LogP contribution in [0.25, 0.3) is 5.65 Å². The van der Waals surface area contributed by atoms with Crippen molar-refractivity contribution in [2.24, 2.45) is 5.73 Å². The van der Waals surface area contributed by atoms with Gasteiger partial charge in [0.05, 0.1) is 6.10 Å². The van der Waals surface area contributed by atoms with E-state index in [1.165, 1.54) is 0 Å². The molecule has 0 spiro atoms. The van der Waals surface area contributed by atoms with Crippen molar-refractivity contribution in [3.05, 3.63) is 24.4 Å². The molecule has 0 aliphatic carbocycles. The average molecular weight is 219 g/mol. The molecule has 0 radical (unpaired) electrons. The van der Waals surface area contributed by atoms with Gasteiger partial charge in [-0.2, -0.15) is 0 Å². The Hall–Kier alpha value is -1.53. The van der Waals surface area contributed by atoms with Crippen molar-refractivity contribution < 1.29 is 4.74 Å². The number of nitrogens with two attached hydrogens (primary N) is 1. The zero-order valence-electron chi connectivity index (χ0n) is 8.78. The summed E-state index contributed by atoms with van der Waals surface area (Å²) in [5.74, 6) is 0.819. The molecule has 0 saturated carbocycles. The Morgan fingerprint density at radius 2 is 2.38 bits per heavy atom. The van der Waals surface area contributed by atoms with Gasteiger partial charge in [-0.3, -0.25) is 4.40 Å². The third kappa shape index (κ3) is 1.46. The molecule has 2 unspecified atom stereocenters. The maximum Gasteiger partial charge on any atom is 0.167 e. The van der Waals surface area contributed by atoms with Crippen molar-refractivity contribution in [2.75, 3.05) is 6.54 Å². The lowest BCUT2D eigenvalue weighted by Crippen LogP contribution is -2.19. The van der Waals surface area contributed by atoms with Gasteiger partial charge in [-0.05, 0) is 12.8 Å². The van der Waals surface area contributed by atoms with Crippen molar-refractivity contribution in [3.63, 3.8) is 0 Å². The van der Waals surface area contributed by atoms with E-state index in [2.05, 4.69) is 15.2 Å². The molecule has 0 aromatic carbocycles. The first kappa shape index (κ1) is 9.68. The monoisotopic (exact) mass is 219 g/mol. The molecule has 1 saturated heterocycles. The Morgan fingerprint density at radius 1 is 1.44 bits per heavy atom. The van der Waals surface area contributed by atoms with Crippen molar-refractivity contribution in [1.82, 2.24) is 19.6 Å². The summed E-state index contributed by atoms with van der Waals surface area (Å²) in [6.45, 7) is 0.561. The van der Waals surface area contributed by atoms with Crippen LogP contribution in [0.3, 0.4) is 0 Å². The van der Waals surface area contributed by atoms with Gasteiger partial charge in [-0.1, -0.05) is 0 Å². The number of rotatable bonds is 2. The summed E-state index contributed by atoms with van der Waals surface area (Å²) in [4.78, 5) is 4.06. The summed E-state index contributed by atoms with van der Waals surface area (Å²) in [5.41, 5.74) is 6.38. The highest BCUT2D eigenvalue weighted by Crippen LogP contribution is 2.31. The number of ether oxygens (including phenoxy) is 1. The van der Waals surface area contributed by atoms with E-state index in [1.807, 2.05) is 10.5 Å². The second kappa shape index (κ2) is 3.80. The number of aromatic nitrogens is 4. The SMILES string of the molecule is NCC1CCC(c2nnc3ccncn23)O1. The van der Waals surface area contributed by atoms with E-state index in [1.54, 1.807) is 12.5 Å². The minimum atomic E-state index is -0.00671. The lowest BCUT2D eigenvalue weighted by atomic mass is 10.2. The molecule has 1 aliphatic heterocycles. The number of nitrogens with zero attached hydrogens (tertiary/aromatic N) is 4. The van der Waals surface area contributed by atoms with Crippen molar-refractivity contribution in [1.29, 1.82) is 0 Å². The van der Waals surface area contributed by atoms with E-state index < -0.39 is 0 Å². The van der Waals surface area contributed by atoms with Crippen molar-refractivity contribution >= 4 is 5.65 Å². The molecule has 2 atom stereocenters. The lowest BCUT2D eigenvalue weighted by Gasteiger charge is -2.10. The molecule has 6 heteroatoms. The fourth-order valence-electron chi connectivity index (χ4n) is 2.05. The van der Waals surface area contributed by atoms with Gasteiger partial charge in [-0.15, -0.1) is 10.2 Å². The van der Waals surface area contributed by atoms with Crippen LogP contribution in [0, 0.1) is 0 Å². The average Bonchev–Trinajstić information content (AvgIpc) is 2.94. The van der Waals surface area contributed by atoms with Crippen LogP contribution in [-0.2, 0) is 4.74 Å². The molecule has 16 heavy (non-hydrogen) atoms. The molecule has 2 N–H and O–H groups in total. The third-order valence-electron chi connectivity index (χ3n) is 2.90. The molecular weight excluding hydrogens is 206 g/mol. The Balaban J connectivity index is 1.95. The fraction of sp³-hybridized carbons (Fsp3) is 0.500. The highest BCUT2D eigenvalue weighted by Gasteiger charge is 2.28. The maximum absolute atomic E-state index is 5.79. The van der Waals surface area contributed by atoms with Crippen molar-refractivity contribution in [2.45, 2.75) is 25.0 Å². The van der Waals surface area contributed by atoms with Crippen LogP contribution < -0.4 is 5.73 Å². The number of hydrogen-bond donors (Lipinski definition) is 1. The smallest absolute Gasteiger partial charge is 0.167 e. The lowest BCUT2D eigenvalue weighted by molar-refractivity contribution is 0.0442. The van der Waals surface area contributed by atoms with Crippen LogP contribution in [-0.4, -0.2) is 32.2 Å². The molecule has 84 valence electrons. The molecule has 2 aromatic heterocycles. The molecule has 0 bridgehead atoms. The van der Waals surface area contributed by atoms with Crippen molar-refractivity contribution in [3.8, 4) is 0 Å². The molecule has 3 rings (SSSR count). The second-order valence-electron chi connectivity index (χ2n) is 3.93. The van der Waals surface area contributed by atoms with Crippen LogP contribution in [0.1, 0.15) is 24.8 Å². The summed E-state index contributed by atoms with van der Waals surface area (Å²) >= 11 is 0. The van der Waals surface area contributed by atoms with Gasteiger partial charge in [-0.25, -0.2) is 4.98 Å². The molecule has 1 fully saturated rings. The predicted octanol–water partition coefficient (Wildman–Crippen LogP) is 0.303. The van der Waals surface area contributed by atoms with Gasteiger partial charge < -0.3 is 10.5 Å². The maximum atomic E-state index is 5.79. The molecular formula is C10H13N5O. The first-order valence-corrected chi connectivity index (χ1v) is 5.38. The Kier molecular flexibility index (Phi) is 2.30. The molecule has 6 nitrogen and oxygen atoms in total. The van der Waals surface area contributed by atoms with E-state index in [0.717, 1.165) is 24.3 Å². The molecule has 0 amide bonds. The van der Waals surface area contributed by atoms with Gasteiger partial charge in [0.15, 0.2) is 11.5 Å². The standard InChI is InChI=1S/C10H13N5O/c11-5-7-1-2-8(16-7)10-14-13-9-3-4-12-6-15(9)10/h3-4,6-8H,1-2,5,11H2. The fourth-order valence-corrected chi connectivity index (χ4v) is 2.05. The summed E-state index contributed by atoms with van der Waals surface area (Å²) in [7, 11) is 0. The van der Waals surface area contributed by atoms with Gasteiger partial charge in [0.2, 0.25) is 0 Å². The van der Waals surface area contributed by atoms with E-state index in [9.17, 15) is 0 Å². The van der Waals surface area contributed by atoms with Gasteiger partial charge in [0, 0.05) is 18.8 Å². The quantitative estimate of drug-likeness (QED) is 0.786. The second-order valence-corrected chi connectivity index (χ2v) is 3.93. The highest BCUT2D eigenvalue weighted by molar-refractivity contribution is 5.35. The molecule has 3 heterocycles. The van der Waals surface area contributed by atoms with Crippen LogP contribution in [0.5, 0.6) is 0 Å². The number of fused-ring (bicyclic) bond motifs is 1. The zero-order chi connectivity index (χ0) is 11.0. The first-order valence-electron chi connectivity index (χ1n) is 5.38. The number of hydrogen-bond acceptors (Lipinski definition) is 5. The predicted molar refractivity (Wildman–Crippen MR) is 56.7 cm³/mol. The molecule has 2 aromatic rings. The van der Waals surface area contributed by atoms with Gasteiger partial charge >= 0.3 is 0 Å². The van der Waals surface area contributed by atoms with Crippen LogP contribution in [0.2, 0.25) is 0 Å². The van der Waals surface area contributed by atoms with Crippen LogP contribution in [0.15, 0.2) is 18.6 Å². The normalized spacial score (nSPS) is 25.3. The minimum Gasteiger partial charge on any atom is -0.366 e. The minimum absolute atomic E-state index is 0.00671. The van der Waals surface area contributed by atoms with Crippen LogP contribution >= 0.6 is 0 Å². The summed E-state index contributed by atoms with van der Waals surface area (Å²) in [5, 5.41) is 8.23. The van der Waals surface area contributed by atoms with Crippen LogP contribution in [0.4, 0.5) is 0 Å². The van der Waals surface area contributed by atoms with E-state index in [-0.39, 0.29) is 12.2 Å². The third-order valence-corrected chi connectivity index (χ3v) is 2.90. The Bertz CT molecular complexity index is 497. The summed E-state index contributed by atoms with van der Waals surface area (Å²) in [6.07, 6.45) is 5.48. The summed E-state index contributed by atoms with van der Waals surface area (Å²) in [6, 6.07) is 1.83.